The summed E-state index contributed by atoms with van der Waals surface area (Å²) in [5, 5.41) is 18.7. The third-order valence-corrected chi connectivity index (χ3v) is 7.48. The fourth-order valence-electron chi connectivity index (χ4n) is 3.91. The van der Waals surface area contributed by atoms with Crippen molar-refractivity contribution in [1.29, 1.82) is 5.41 Å². The lowest BCUT2D eigenvalue weighted by Gasteiger charge is -2.29. The number of hydrogen-bond donors (Lipinski definition) is 4. The maximum atomic E-state index is 13.3. The van der Waals surface area contributed by atoms with Gasteiger partial charge < -0.3 is 15.0 Å². The zero-order valence-corrected chi connectivity index (χ0v) is 25.8. The average molecular weight is 655 g/mol. The van der Waals surface area contributed by atoms with E-state index in [1.807, 2.05) is 13.8 Å². The van der Waals surface area contributed by atoms with E-state index in [-0.39, 0.29) is 29.3 Å². The molecule has 1 atom stereocenters. The Labute approximate surface area is 259 Å². The number of alkyl halides is 3. The molecule has 1 unspecified atom stereocenters. The number of anilines is 1. The number of ether oxygens (including phenoxy) is 1. The van der Waals surface area contributed by atoms with Crippen LogP contribution < -0.4 is 15.8 Å². The van der Waals surface area contributed by atoms with Crippen molar-refractivity contribution >= 4 is 68.5 Å². The number of carbonyl (C=O) groups excluding carboxylic acids is 2. The summed E-state index contributed by atoms with van der Waals surface area (Å²) in [4.78, 5) is 26.9. The standard InChI is InChI=1S/C28H30Cl3N5O5S/c1-3-18(2)36(16-19-7-6-8-21(15-19)25(32)35-27(38)41-17-28(29,30)31)26(37)34-22-13-11-20(12-14-22)23-9-4-5-10-24(23)42(33,39)40/h4-15,18H,3,16-17H2,1-2H3,(H,34,37)(H2,32,35,38)(H2,33,39,40). The van der Waals surface area contributed by atoms with Gasteiger partial charge in [-0.15, -0.1) is 0 Å². The molecule has 0 aliphatic carbocycles. The smallest absolute Gasteiger partial charge is 0.412 e. The summed E-state index contributed by atoms with van der Waals surface area (Å²) < 4.78 is 27.0. The van der Waals surface area contributed by atoms with Crippen LogP contribution in [0.1, 0.15) is 31.4 Å². The molecule has 0 aliphatic rings. The van der Waals surface area contributed by atoms with Crippen molar-refractivity contribution in [3.8, 4) is 11.1 Å². The molecule has 0 radical (unpaired) electrons. The molecule has 5 N–H and O–H groups in total. The van der Waals surface area contributed by atoms with Gasteiger partial charge in [-0.1, -0.05) is 90.3 Å². The average Bonchev–Trinajstić information content (AvgIpc) is 2.94. The molecule has 0 saturated carbocycles. The molecule has 3 aromatic carbocycles. The van der Waals surface area contributed by atoms with Gasteiger partial charge in [0.25, 0.3) is 0 Å². The fraction of sp³-hybridized carbons (Fsp3) is 0.250. The number of urea groups is 1. The number of nitrogens with two attached hydrogens (primary N) is 1. The van der Waals surface area contributed by atoms with Gasteiger partial charge in [0.15, 0.2) is 0 Å². The molecule has 3 aromatic rings. The summed E-state index contributed by atoms with van der Waals surface area (Å²) >= 11 is 16.7. The Morgan fingerprint density at radius 2 is 1.71 bits per heavy atom. The van der Waals surface area contributed by atoms with E-state index in [0.29, 0.717) is 28.8 Å². The number of nitrogens with zero attached hydrogens (tertiary/aromatic N) is 1. The lowest BCUT2D eigenvalue weighted by Crippen LogP contribution is -2.40. The van der Waals surface area contributed by atoms with Crippen LogP contribution in [0.2, 0.25) is 0 Å². The van der Waals surface area contributed by atoms with Crippen LogP contribution in [0.15, 0.2) is 77.7 Å². The van der Waals surface area contributed by atoms with Crippen molar-refractivity contribution in [2.75, 3.05) is 11.9 Å². The van der Waals surface area contributed by atoms with Crippen LogP contribution in [0.4, 0.5) is 15.3 Å². The Balaban J connectivity index is 1.72. The van der Waals surface area contributed by atoms with Crippen LogP contribution in [0.25, 0.3) is 11.1 Å². The second-order valence-electron chi connectivity index (χ2n) is 9.33. The number of sulfonamides is 1. The molecule has 0 aliphatic heterocycles. The first kappa shape index (κ1) is 33.2. The lowest BCUT2D eigenvalue weighted by atomic mass is 10.1. The van der Waals surface area contributed by atoms with Gasteiger partial charge in [0.05, 0.1) is 4.90 Å². The zero-order valence-electron chi connectivity index (χ0n) is 22.7. The molecule has 0 heterocycles. The molecule has 0 spiro atoms. The predicted molar refractivity (Wildman–Crippen MR) is 166 cm³/mol. The van der Waals surface area contributed by atoms with Crippen molar-refractivity contribution < 1.29 is 22.7 Å². The number of benzene rings is 3. The number of amidine groups is 1. The third-order valence-electron chi connectivity index (χ3n) is 6.19. The SMILES string of the molecule is CCC(C)N(Cc1cccc(C(=N)NC(=O)OCC(Cl)(Cl)Cl)c1)C(=O)Nc1ccc(-c2ccccc2S(N)(=O)=O)cc1. The van der Waals surface area contributed by atoms with Crippen molar-refractivity contribution in [3.05, 3.63) is 83.9 Å². The number of primary sulfonamides is 1. The molecular weight excluding hydrogens is 625 g/mol. The van der Waals surface area contributed by atoms with Gasteiger partial charge in [-0.3, -0.25) is 10.7 Å². The highest BCUT2D eigenvalue weighted by Gasteiger charge is 2.23. The summed E-state index contributed by atoms with van der Waals surface area (Å²) in [5.41, 5.74) is 2.70. The quantitative estimate of drug-likeness (QED) is 0.122. The van der Waals surface area contributed by atoms with E-state index in [2.05, 4.69) is 10.6 Å². The van der Waals surface area contributed by atoms with Crippen molar-refractivity contribution in [3.63, 3.8) is 0 Å². The molecule has 224 valence electrons. The topological polar surface area (TPSA) is 155 Å². The van der Waals surface area contributed by atoms with Gasteiger partial charge in [0, 0.05) is 29.4 Å². The van der Waals surface area contributed by atoms with Crippen LogP contribution in [0.3, 0.4) is 0 Å². The summed E-state index contributed by atoms with van der Waals surface area (Å²) in [5.74, 6) is -0.227. The highest BCUT2D eigenvalue weighted by molar-refractivity contribution is 7.89. The number of rotatable bonds is 9. The number of amides is 3. The summed E-state index contributed by atoms with van der Waals surface area (Å²) in [6, 6.07) is 19.5. The first-order valence-corrected chi connectivity index (χ1v) is 15.3. The summed E-state index contributed by atoms with van der Waals surface area (Å²) in [6.45, 7) is 3.61. The van der Waals surface area contributed by atoms with E-state index in [9.17, 15) is 18.0 Å². The second kappa shape index (κ2) is 14.2. The van der Waals surface area contributed by atoms with Crippen molar-refractivity contribution in [2.45, 2.75) is 41.5 Å². The van der Waals surface area contributed by atoms with Gasteiger partial charge in [-0.25, -0.2) is 23.1 Å². The molecule has 0 fully saturated rings. The lowest BCUT2D eigenvalue weighted by molar-refractivity contribution is 0.154. The van der Waals surface area contributed by atoms with Crippen LogP contribution in [0.5, 0.6) is 0 Å². The molecule has 0 saturated heterocycles. The van der Waals surface area contributed by atoms with Crippen LogP contribution in [0, 0.1) is 5.41 Å². The summed E-state index contributed by atoms with van der Waals surface area (Å²) in [7, 11) is -3.92. The predicted octanol–water partition coefficient (Wildman–Crippen LogP) is 6.26. The van der Waals surface area contributed by atoms with E-state index in [1.165, 1.54) is 6.07 Å². The Hall–Kier alpha value is -3.35. The van der Waals surface area contributed by atoms with Gasteiger partial charge in [-0.05, 0) is 48.7 Å². The number of alkyl carbamates (subject to hydrolysis) is 1. The highest BCUT2D eigenvalue weighted by atomic mass is 35.6. The summed E-state index contributed by atoms with van der Waals surface area (Å²) in [6.07, 6.45) is -0.264. The number of hydrogen-bond acceptors (Lipinski definition) is 6. The van der Waals surface area contributed by atoms with E-state index >= 15 is 0 Å². The minimum Gasteiger partial charge on any atom is -0.445 e. The Kier molecular flexibility index (Phi) is 11.2. The molecule has 10 nitrogen and oxygen atoms in total. The molecule has 0 bridgehead atoms. The zero-order chi connectivity index (χ0) is 31.1. The Morgan fingerprint density at radius 3 is 2.33 bits per heavy atom. The number of halogens is 3. The van der Waals surface area contributed by atoms with Crippen molar-refractivity contribution in [2.24, 2.45) is 5.14 Å². The number of nitrogens with one attached hydrogen (secondary N) is 3. The van der Waals surface area contributed by atoms with E-state index < -0.39 is 26.5 Å². The number of carbonyl (C=O) groups is 2. The third kappa shape index (κ3) is 9.60. The first-order valence-electron chi connectivity index (χ1n) is 12.7. The van der Waals surface area contributed by atoms with Gasteiger partial charge in [-0.2, -0.15) is 0 Å². The van der Waals surface area contributed by atoms with Gasteiger partial charge >= 0.3 is 12.1 Å². The molecule has 3 rings (SSSR count). The van der Waals surface area contributed by atoms with E-state index in [0.717, 1.165) is 5.56 Å². The normalized spacial score (nSPS) is 12.2. The van der Waals surface area contributed by atoms with Crippen LogP contribution in [-0.4, -0.2) is 47.7 Å². The van der Waals surface area contributed by atoms with Crippen LogP contribution in [-0.2, 0) is 21.3 Å². The molecule has 0 aromatic heterocycles. The fourth-order valence-corrected chi connectivity index (χ4v) is 4.83. The maximum Gasteiger partial charge on any atom is 0.412 e. The Bertz CT molecular complexity index is 1550. The van der Waals surface area contributed by atoms with E-state index in [1.54, 1.807) is 71.6 Å². The molecule has 42 heavy (non-hydrogen) atoms. The minimum absolute atomic E-state index is 0.00921. The Morgan fingerprint density at radius 1 is 1.05 bits per heavy atom. The van der Waals surface area contributed by atoms with E-state index in [4.69, 9.17) is 50.1 Å². The van der Waals surface area contributed by atoms with Gasteiger partial charge in [0.1, 0.15) is 12.4 Å². The van der Waals surface area contributed by atoms with Gasteiger partial charge in [0.2, 0.25) is 13.8 Å². The molecule has 14 heteroatoms. The maximum absolute atomic E-state index is 13.3. The van der Waals surface area contributed by atoms with Crippen LogP contribution >= 0.6 is 34.8 Å². The minimum atomic E-state index is -3.92. The second-order valence-corrected chi connectivity index (χ2v) is 13.4. The van der Waals surface area contributed by atoms with Crippen molar-refractivity contribution in [1.82, 2.24) is 10.2 Å². The molecular formula is C28H30Cl3N5O5S. The first-order chi connectivity index (χ1) is 19.7. The molecule has 3 amide bonds. The monoisotopic (exact) mass is 653 g/mol. The largest absolute Gasteiger partial charge is 0.445 e. The highest BCUT2D eigenvalue weighted by Crippen LogP contribution is 2.28.